The molecule has 208 valence electrons. The maximum Gasteiger partial charge on any atom is 0.264 e. The van der Waals surface area contributed by atoms with E-state index >= 15 is 0 Å². The third-order valence-electron chi connectivity index (χ3n) is 5.86. The van der Waals surface area contributed by atoms with Crippen LogP contribution in [0.1, 0.15) is 26.3 Å². The lowest BCUT2D eigenvalue weighted by atomic mass is 10.1. The highest BCUT2D eigenvalue weighted by atomic mass is 35.5. The van der Waals surface area contributed by atoms with E-state index in [0.717, 1.165) is 9.87 Å². The third kappa shape index (κ3) is 7.88. The molecule has 1 unspecified atom stereocenters. The van der Waals surface area contributed by atoms with Crippen LogP contribution in [0.2, 0.25) is 10.0 Å². The van der Waals surface area contributed by atoms with Gasteiger partial charge in [0.05, 0.1) is 17.7 Å². The number of benzene rings is 3. The maximum absolute atomic E-state index is 13.9. The Bertz CT molecular complexity index is 1380. The summed E-state index contributed by atoms with van der Waals surface area (Å²) in [7, 11) is -2.66. The molecule has 3 aromatic rings. The normalized spacial score (nSPS) is 12.1. The zero-order valence-electron chi connectivity index (χ0n) is 22.1. The Labute approximate surface area is 239 Å². The lowest BCUT2D eigenvalue weighted by Crippen LogP contribution is -2.52. The van der Waals surface area contributed by atoms with Gasteiger partial charge in [0.2, 0.25) is 11.8 Å². The molecule has 39 heavy (non-hydrogen) atoms. The number of rotatable bonds is 11. The zero-order valence-corrected chi connectivity index (χ0v) is 24.4. The number of amides is 2. The predicted octanol–water partition coefficient (Wildman–Crippen LogP) is 5.14. The van der Waals surface area contributed by atoms with Crippen LogP contribution in [0.15, 0.2) is 77.7 Å². The van der Waals surface area contributed by atoms with Crippen molar-refractivity contribution in [3.8, 4) is 5.75 Å². The minimum absolute atomic E-state index is 0.0128. The molecule has 0 fully saturated rings. The number of ether oxygens (including phenoxy) is 1. The van der Waals surface area contributed by atoms with E-state index in [1.54, 1.807) is 56.5 Å². The first-order valence-electron chi connectivity index (χ1n) is 12.2. The van der Waals surface area contributed by atoms with Crippen molar-refractivity contribution in [2.45, 2.75) is 44.3 Å². The van der Waals surface area contributed by atoms with Crippen LogP contribution in [0.4, 0.5) is 5.69 Å². The average molecular weight is 593 g/mol. The van der Waals surface area contributed by atoms with Crippen molar-refractivity contribution in [1.82, 2.24) is 10.2 Å². The highest BCUT2D eigenvalue weighted by Crippen LogP contribution is 2.30. The molecule has 3 aromatic carbocycles. The molecule has 0 aromatic heterocycles. The van der Waals surface area contributed by atoms with Gasteiger partial charge in [-0.15, -0.1) is 0 Å². The fraction of sp³-hybridized carbons (Fsp3) is 0.286. The second-order valence-electron chi connectivity index (χ2n) is 9.16. The molecule has 0 saturated heterocycles. The summed E-state index contributed by atoms with van der Waals surface area (Å²) < 4.78 is 33.7. The third-order valence-corrected chi connectivity index (χ3v) is 8.08. The van der Waals surface area contributed by atoms with Gasteiger partial charge in [-0.25, -0.2) is 8.42 Å². The number of methoxy groups -OCH3 is 1. The van der Waals surface area contributed by atoms with Gasteiger partial charge in [-0.05, 0) is 68.8 Å². The second-order valence-corrected chi connectivity index (χ2v) is 11.9. The van der Waals surface area contributed by atoms with Gasteiger partial charge < -0.3 is 15.0 Å². The lowest BCUT2D eigenvalue weighted by Gasteiger charge is -2.32. The SMILES string of the molecule is COc1ccc(CN(C(=O)CN(c2cc(Cl)cc(Cl)c2)S(=O)(=O)c2ccccc2)C(C)C(=O)NC(C)C)cc1. The van der Waals surface area contributed by atoms with E-state index in [9.17, 15) is 18.0 Å². The van der Waals surface area contributed by atoms with Crippen molar-refractivity contribution in [3.05, 3.63) is 88.4 Å². The van der Waals surface area contributed by atoms with Crippen LogP contribution in [0.3, 0.4) is 0 Å². The molecule has 1 atom stereocenters. The molecule has 0 aliphatic rings. The number of halogens is 2. The van der Waals surface area contributed by atoms with E-state index in [-0.39, 0.29) is 39.1 Å². The Balaban J connectivity index is 2.04. The van der Waals surface area contributed by atoms with Crippen molar-refractivity contribution >= 4 is 50.7 Å². The minimum atomic E-state index is -4.21. The van der Waals surface area contributed by atoms with Crippen LogP contribution in [0, 0.1) is 0 Å². The Kier molecular flexibility index (Phi) is 10.2. The molecule has 0 bridgehead atoms. The second kappa shape index (κ2) is 13.2. The maximum atomic E-state index is 13.9. The summed E-state index contributed by atoms with van der Waals surface area (Å²) in [5.41, 5.74) is 0.852. The molecule has 0 aliphatic heterocycles. The van der Waals surface area contributed by atoms with Crippen molar-refractivity contribution in [1.29, 1.82) is 0 Å². The first-order valence-corrected chi connectivity index (χ1v) is 14.4. The van der Waals surface area contributed by atoms with Crippen LogP contribution in [-0.2, 0) is 26.2 Å². The van der Waals surface area contributed by atoms with Gasteiger partial charge in [-0.2, -0.15) is 0 Å². The van der Waals surface area contributed by atoms with Gasteiger partial charge in [-0.3, -0.25) is 13.9 Å². The van der Waals surface area contributed by atoms with Gasteiger partial charge in [0.15, 0.2) is 0 Å². The molecule has 11 heteroatoms. The predicted molar refractivity (Wildman–Crippen MR) is 154 cm³/mol. The summed E-state index contributed by atoms with van der Waals surface area (Å²) in [6.07, 6.45) is 0. The Morgan fingerprint density at radius 1 is 0.923 bits per heavy atom. The summed E-state index contributed by atoms with van der Waals surface area (Å²) in [4.78, 5) is 28.2. The Hall–Kier alpha value is -3.27. The average Bonchev–Trinajstić information content (AvgIpc) is 2.89. The number of nitrogens with one attached hydrogen (secondary N) is 1. The summed E-state index contributed by atoms with van der Waals surface area (Å²) in [5.74, 6) is -0.317. The van der Waals surface area contributed by atoms with Crippen molar-refractivity contribution in [2.24, 2.45) is 0 Å². The molecule has 0 aliphatic carbocycles. The molecule has 3 rings (SSSR count). The summed E-state index contributed by atoms with van der Waals surface area (Å²) in [5, 5.41) is 3.23. The smallest absolute Gasteiger partial charge is 0.264 e. The van der Waals surface area contributed by atoms with Crippen LogP contribution in [-0.4, -0.2) is 50.9 Å². The van der Waals surface area contributed by atoms with Gasteiger partial charge in [0.1, 0.15) is 18.3 Å². The number of nitrogens with zero attached hydrogens (tertiary/aromatic N) is 2. The van der Waals surface area contributed by atoms with E-state index < -0.39 is 28.5 Å². The number of hydrogen-bond donors (Lipinski definition) is 1. The van der Waals surface area contributed by atoms with Crippen molar-refractivity contribution in [2.75, 3.05) is 18.0 Å². The Morgan fingerprint density at radius 3 is 2.05 bits per heavy atom. The fourth-order valence-corrected chi connectivity index (χ4v) is 5.78. The molecule has 1 N–H and O–H groups in total. The van der Waals surface area contributed by atoms with E-state index in [0.29, 0.717) is 5.75 Å². The molecule has 8 nitrogen and oxygen atoms in total. The number of anilines is 1. The van der Waals surface area contributed by atoms with Crippen LogP contribution in [0.25, 0.3) is 0 Å². The number of carbonyl (C=O) groups is 2. The van der Waals surface area contributed by atoms with E-state index in [1.165, 1.54) is 35.2 Å². The van der Waals surface area contributed by atoms with Crippen LogP contribution < -0.4 is 14.4 Å². The monoisotopic (exact) mass is 591 g/mol. The van der Waals surface area contributed by atoms with Gasteiger partial charge in [0, 0.05) is 22.6 Å². The molecule has 0 spiro atoms. The summed E-state index contributed by atoms with van der Waals surface area (Å²) in [6.45, 7) is 4.70. The van der Waals surface area contributed by atoms with Gasteiger partial charge in [-0.1, -0.05) is 53.5 Å². The quantitative estimate of drug-likeness (QED) is 0.333. The standard InChI is InChI=1S/C28H31Cl2N3O5S/c1-19(2)31-28(35)20(3)32(17-21-10-12-25(38-4)13-11-21)27(34)18-33(24-15-22(29)14-23(30)16-24)39(36,37)26-8-6-5-7-9-26/h5-16,19-20H,17-18H2,1-4H3,(H,31,35). The lowest BCUT2D eigenvalue weighted by molar-refractivity contribution is -0.139. The highest BCUT2D eigenvalue weighted by molar-refractivity contribution is 7.92. The molecular formula is C28H31Cl2N3O5S. The molecule has 0 radical (unpaired) electrons. The molecule has 0 saturated carbocycles. The number of hydrogen-bond acceptors (Lipinski definition) is 5. The highest BCUT2D eigenvalue weighted by Gasteiger charge is 2.33. The summed E-state index contributed by atoms with van der Waals surface area (Å²) >= 11 is 12.4. The topological polar surface area (TPSA) is 96.0 Å². The first kappa shape index (κ1) is 30.3. The van der Waals surface area contributed by atoms with E-state index in [1.807, 2.05) is 13.8 Å². The summed E-state index contributed by atoms with van der Waals surface area (Å²) in [6, 6.07) is 18.1. The fourth-order valence-electron chi connectivity index (χ4n) is 3.85. The van der Waals surface area contributed by atoms with Crippen LogP contribution in [0.5, 0.6) is 5.75 Å². The van der Waals surface area contributed by atoms with Crippen molar-refractivity contribution < 1.29 is 22.7 Å². The number of carbonyl (C=O) groups excluding carboxylic acids is 2. The van der Waals surface area contributed by atoms with E-state index in [4.69, 9.17) is 27.9 Å². The Morgan fingerprint density at radius 2 is 1.51 bits per heavy atom. The van der Waals surface area contributed by atoms with Crippen molar-refractivity contribution in [3.63, 3.8) is 0 Å². The molecular weight excluding hydrogens is 561 g/mol. The first-order chi connectivity index (χ1) is 18.4. The van der Waals surface area contributed by atoms with Crippen LogP contribution >= 0.6 is 23.2 Å². The molecule has 0 heterocycles. The van der Waals surface area contributed by atoms with E-state index in [2.05, 4.69) is 5.32 Å². The zero-order chi connectivity index (χ0) is 28.7. The van der Waals surface area contributed by atoms with Gasteiger partial charge in [0.25, 0.3) is 10.0 Å². The molecule has 2 amide bonds. The number of sulfonamides is 1. The largest absolute Gasteiger partial charge is 0.497 e. The minimum Gasteiger partial charge on any atom is -0.497 e. The van der Waals surface area contributed by atoms with Gasteiger partial charge >= 0.3 is 0 Å².